The molecule has 0 spiro atoms. The molecule has 0 radical (unpaired) electrons. The summed E-state index contributed by atoms with van der Waals surface area (Å²) in [6.07, 6.45) is 0.761. The van der Waals surface area contributed by atoms with Crippen LogP contribution in [-0.4, -0.2) is 24.3 Å². The van der Waals surface area contributed by atoms with Crippen molar-refractivity contribution in [3.8, 4) is 0 Å². The van der Waals surface area contributed by atoms with Crippen LogP contribution in [0.25, 0.3) is 0 Å². The first-order chi connectivity index (χ1) is 5.54. The van der Waals surface area contributed by atoms with Crippen LogP contribution in [0.15, 0.2) is 5.16 Å². The van der Waals surface area contributed by atoms with E-state index in [0.717, 1.165) is 6.42 Å². The lowest BCUT2D eigenvalue weighted by Gasteiger charge is -2.22. The van der Waals surface area contributed by atoms with Crippen molar-refractivity contribution in [1.29, 1.82) is 0 Å². The summed E-state index contributed by atoms with van der Waals surface area (Å²) in [7, 11) is 0. The number of ether oxygens (including phenoxy) is 1. The van der Waals surface area contributed by atoms with Crippen LogP contribution in [0.3, 0.4) is 0 Å². The van der Waals surface area contributed by atoms with Crippen LogP contribution >= 0.6 is 0 Å². The lowest BCUT2D eigenvalue weighted by atomic mass is 9.88. The third kappa shape index (κ3) is 3.57. The van der Waals surface area contributed by atoms with E-state index in [9.17, 15) is 0 Å². The average molecular weight is 174 g/mol. The molecule has 0 bridgehead atoms. The zero-order valence-corrected chi connectivity index (χ0v) is 8.00. The molecule has 0 aliphatic rings. The monoisotopic (exact) mass is 174 g/mol. The standard InChI is InChI=1S/C8H18N2O2/c1-4-12-6-5-8(2,3)7(9)10-11/h11H,4-6H2,1-3H3,(H2,9,10). The predicted octanol–water partition coefficient (Wildman–Crippen LogP) is 1.19. The number of hydrogen-bond donors (Lipinski definition) is 2. The topological polar surface area (TPSA) is 67.8 Å². The Hall–Kier alpha value is -0.770. The van der Waals surface area contributed by atoms with E-state index in [1.807, 2.05) is 20.8 Å². The molecule has 0 atom stereocenters. The summed E-state index contributed by atoms with van der Waals surface area (Å²) in [6, 6.07) is 0. The second kappa shape index (κ2) is 4.98. The van der Waals surface area contributed by atoms with Gasteiger partial charge in [-0.3, -0.25) is 0 Å². The summed E-state index contributed by atoms with van der Waals surface area (Å²) >= 11 is 0. The maximum atomic E-state index is 8.45. The van der Waals surface area contributed by atoms with Crippen LogP contribution in [0.1, 0.15) is 27.2 Å². The van der Waals surface area contributed by atoms with Crippen LogP contribution in [0.5, 0.6) is 0 Å². The van der Waals surface area contributed by atoms with Gasteiger partial charge in [0.15, 0.2) is 0 Å². The molecule has 0 saturated carbocycles. The lowest BCUT2D eigenvalue weighted by Crippen LogP contribution is -2.33. The van der Waals surface area contributed by atoms with Crippen molar-refractivity contribution in [2.75, 3.05) is 13.2 Å². The normalized spacial score (nSPS) is 13.4. The third-order valence-corrected chi connectivity index (χ3v) is 1.88. The van der Waals surface area contributed by atoms with Gasteiger partial charge in [-0.2, -0.15) is 0 Å². The first kappa shape index (κ1) is 11.2. The van der Waals surface area contributed by atoms with Gasteiger partial charge >= 0.3 is 0 Å². The molecule has 0 aromatic carbocycles. The smallest absolute Gasteiger partial charge is 0.144 e. The largest absolute Gasteiger partial charge is 0.409 e. The molecule has 0 amide bonds. The first-order valence-electron chi connectivity index (χ1n) is 4.10. The Bertz CT molecular complexity index is 155. The second-order valence-electron chi connectivity index (χ2n) is 3.32. The van der Waals surface area contributed by atoms with E-state index in [-0.39, 0.29) is 11.3 Å². The Morgan fingerprint density at radius 3 is 2.58 bits per heavy atom. The molecule has 0 aliphatic carbocycles. The highest BCUT2D eigenvalue weighted by atomic mass is 16.5. The van der Waals surface area contributed by atoms with E-state index in [2.05, 4.69) is 5.16 Å². The number of nitrogens with two attached hydrogens (primary N) is 1. The second-order valence-corrected chi connectivity index (χ2v) is 3.32. The van der Waals surface area contributed by atoms with Gasteiger partial charge in [-0.15, -0.1) is 0 Å². The zero-order valence-electron chi connectivity index (χ0n) is 8.00. The lowest BCUT2D eigenvalue weighted by molar-refractivity contribution is 0.127. The maximum absolute atomic E-state index is 8.45. The van der Waals surface area contributed by atoms with Gasteiger partial charge in [-0.25, -0.2) is 0 Å². The van der Waals surface area contributed by atoms with Crippen LogP contribution in [-0.2, 0) is 4.74 Å². The van der Waals surface area contributed by atoms with E-state index >= 15 is 0 Å². The van der Waals surface area contributed by atoms with Crippen LogP contribution in [0.2, 0.25) is 0 Å². The van der Waals surface area contributed by atoms with Gasteiger partial charge in [0.05, 0.1) is 0 Å². The summed E-state index contributed by atoms with van der Waals surface area (Å²) in [4.78, 5) is 0. The Balaban J connectivity index is 3.87. The van der Waals surface area contributed by atoms with Gasteiger partial charge in [0.25, 0.3) is 0 Å². The minimum Gasteiger partial charge on any atom is -0.409 e. The highest BCUT2D eigenvalue weighted by molar-refractivity contribution is 5.85. The maximum Gasteiger partial charge on any atom is 0.144 e. The van der Waals surface area contributed by atoms with Gasteiger partial charge in [0, 0.05) is 18.6 Å². The molecule has 0 heterocycles. The van der Waals surface area contributed by atoms with Crippen LogP contribution in [0.4, 0.5) is 0 Å². The van der Waals surface area contributed by atoms with Crippen molar-refractivity contribution in [3.05, 3.63) is 0 Å². The minimum atomic E-state index is -0.288. The molecule has 3 N–H and O–H groups in total. The van der Waals surface area contributed by atoms with Gasteiger partial charge in [-0.1, -0.05) is 19.0 Å². The SMILES string of the molecule is CCOCCC(C)(C)C(N)=NO. The molecule has 0 aliphatic heterocycles. The molecule has 72 valence electrons. The molecule has 4 nitrogen and oxygen atoms in total. The quantitative estimate of drug-likeness (QED) is 0.216. The molecule has 12 heavy (non-hydrogen) atoms. The van der Waals surface area contributed by atoms with E-state index < -0.39 is 0 Å². The van der Waals surface area contributed by atoms with Crippen molar-refractivity contribution in [2.24, 2.45) is 16.3 Å². The van der Waals surface area contributed by atoms with Gasteiger partial charge < -0.3 is 15.7 Å². The highest BCUT2D eigenvalue weighted by Crippen LogP contribution is 2.19. The van der Waals surface area contributed by atoms with E-state index in [1.165, 1.54) is 0 Å². The Morgan fingerprint density at radius 1 is 1.58 bits per heavy atom. The molecule has 4 heteroatoms. The number of nitrogens with zero attached hydrogens (tertiary/aromatic N) is 1. The molecule has 0 saturated heterocycles. The highest BCUT2D eigenvalue weighted by Gasteiger charge is 2.22. The molecule has 0 aromatic rings. The van der Waals surface area contributed by atoms with Gasteiger partial charge in [0.1, 0.15) is 5.84 Å². The van der Waals surface area contributed by atoms with Gasteiger partial charge in [-0.05, 0) is 13.3 Å². The summed E-state index contributed by atoms with van der Waals surface area (Å²) in [6.45, 7) is 7.12. The summed E-state index contributed by atoms with van der Waals surface area (Å²) in [5.74, 6) is 0.252. The molecule has 0 rings (SSSR count). The van der Waals surface area contributed by atoms with E-state index in [0.29, 0.717) is 13.2 Å². The average Bonchev–Trinajstić information content (AvgIpc) is 2.03. The minimum absolute atomic E-state index is 0.252. The first-order valence-corrected chi connectivity index (χ1v) is 4.10. The van der Waals surface area contributed by atoms with Gasteiger partial charge in [0.2, 0.25) is 0 Å². The Morgan fingerprint density at radius 2 is 2.17 bits per heavy atom. The summed E-state index contributed by atoms with van der Waals surface area (Å²) in [5.41, 5.74) is 5.19. The molecular weight excluding hydrogens is 156 g/mol. The fourth-order valence-electron chi connectivity index (χ4n) is 0.735. The van der Waals surface area contributed by atoms with Crippen LogP contribution < -0.4 is 5.73 Å². The Kier molecular flexibility index (Phi) is 4.66. The fourth-order valence-corrected chi connectivity index (χ4v) is 0.735. The predicted molar refractivity (Wildman–Crippen MR) is 48.3 cm³/mol. The zero-order chi connectivity index (χ0) is 9.61. The number of oxime groups is 1. The van der Waals surface area contributed by atoms with Crippen molar-refractivity contribution < 1.29 is 9.94 Å². The molecule has 0 unspecified atom stereocenters. The number of amidine groups is 1. The molecule has 0 aromatic heterocycles. The van der Waals surface area contributed by atoms with Crippen molar-refractivity contribution >= 4 is 5.84 Å². The third-order valence-electron chi connectivity index (χ3n) is 1.88. The van der Waals surface area contributed by atoms with Crippen molar-refractivity contribution in [2.45, 2.75) is 27.2 Å². The molecule has 0 fully saturated rings. The number of hydrogen-bond acceptors (Lipinski definition) is 3. The van der Waals surface area contributed by atoms with Crippen molar-refractivity contribution in [1.82, 2.24) is 0 Å². The molecular formula is C8H18N2O2. The Labute approximate surface area is 73.4 Å². The van der Waals surface area contributed by atoms with Crippen LogP contribution in [0, 0.1) is 5.41 Å². The number of rotatable bonds is 5. The fraction of sp³-hybridized carbons (Fsp3) is 0.875. The van der Waals surface area contributed by atoms with E-state index in [4.69, 9.17) is 15.7 Å². The summed E-state index contributed by atoms with van der Waals surface area (Å²) in [5, 5.41) is 11.4. The summed E-state index contributed by atoms with van der Waals surface area (Å²) < 4.78 is 5.17. The van der Waals surface area contributed by atoms with Crippen molar-refractivity contribution in [3.63, 3.8) is 0 Å². The van der Waals surface area contributed by atoms with E-state index in [1.54, 1.807) is 0 Å².